The van der Waals surface area contributed by atoms with Crippen LogP contribution in [-0.2, 0) is 0 Å². The zero-order valence-corrected chi connectivity index (χ0v) is 9.26. The van der Waals surface area contributed by atoms with Crippen molar-refractivity contribution in [1.82, 2.24) is 0 Å². The van der Waals surface area contributed by atoms with E-state index in [0.717, 1.165) is 42.0 Å². The Hall–Kier alpha value is -1.18. The number of ether oxygens (including phenoxy) is 1. The van der Waals surface area contributed by atoms with Crippen molar-refractivity contribution in [2.45, 2.75) is 33.6 Å². The van der Waals surface area contributed by atoms with Crippen LogP contribution in [0.15, 0.2) is 12.1 Å². The van der Waals surface area contributed by atoms with Crippen LogP contribution in [0.4, 0.5) is 5.69 Å². The first-order valence-electron chi connectivity index (χ1n) is 5.14. The van der Waals surface area contributed by atoms with Gasteiger partial charge in [0.1, 0.15) is 5.75 Å². The van der Waals surface area contributed by atoms with Gasteiger partial charge in [-0.2, -0.15) is 0 Å². The average molecular weight is 193 g/mol. The molecule has 2 N–H and O–H groups in total. The summed E-state index contributed by atoms with van der Waals surface area (Å²) in [7, 11) is 0. The average Bonchev–Trinajstić information content (AvgIpc) is 2.14. The molecular formula is C12H19NO. The molecule has 0 amide bonds. The molecule has 0 atom stereocenters. The van der Waals surface area contributed by atoms with Gasteiger partial charge in [-0.3, -0.25) is 0 Å². The lowest BCUT2D eigenvalue weighted by molar-refractivity contribution is 0.307. The van der Waals surface area contributed by atoms with Gasteiger partial charge in [0.15, 0.2) is 0 Å². The van der Waals surface area contributed by atoms with Gasteiger partial charge < -0.3 is 10.5 Å². The van der Waals surface area contributed by atoms with Crippen molar-refractivity contribution in [2.75, 3.05) is 12.3 Å². The summed E-state index contributed by atoms with van der Waals surface area (Å²) in [5.41, 5.74) is 8.90. The van der Waals surface area contributed by atoms with E-state index < -0.39 is 0 Å². The number of aryl methyl sites for hydroxylation is 2. The first-order chi connectivity index (χ1) is 6.65. The minimum atomic E-state index is 0.778. The predicted octanol–water partition coefficient (Wildman–Crippen LogP) is 3.06. The molecule has 0 bridgehead atoms. The van der Waals surface area contributed by atoms with Gasteiger partial charge >= 0.3 is 0 Å². The SMILES string of the molecule is CCCCOc1cc(N)c(C)cc1C. The molecule has 1 aromatic carbocycles. The highest BCUT2D eigenvalue weighted by Gasteiger charge is 2.02. The number of unbranched alkanes of at least 4 members (excludes halogenated alkanes) is 1. The largest absolute Gasteiger partial charge is 0.493 e. The Bertz CT molecular complexity index is 307. The zero-order chi connectivity index (χ0) is 10.6. The molecule has 2 heteroatoms. The van der Waals surface area contributed by atoms with Crippen molar-refractivity contribution >= 4 is 5.69 Å². The topological polar surface area (TPSA) is 35.2 Å². The van der Waals surface area contributed by atoms with Gasteiger partial charge in [0.2, 0.25) is 0 Å². The van der Waals surface area contributed by atoms with Crippen LogP contribution in [0, 0.1) is 13.8 Å². The summed E-state index contributed by atoms with van der Waals surface area (Å²) < 4.78 is 5.63. The molecule has 1 rings (SSSR count). The standard InChI is InChI=1S/C12H19NO/c1-4-5-6-14-12-8-11(13)9(2)7-10(12)3/h7-8H,4-6,13H2,1-3H3. The first kappa shape index (κ1) is 10.9. The van der Waals surface area contributed by atoms with Crippen LogP contribution in [0.3, 0.4) is 0 Å². The second-order valence-electron chi connectivity index (χ2n) is 3.68. The normalized spacial score (nSPS) is 10.2. The van der Waals surface area contributed by atoms with Gasteiger partial charge in [-0.05, 0) is 31.4 Å². The number of benzene rings is 1. The molecule has 78 valence electrons. The van der Waals surface area contributed by atoms with E-state index >= 15 is 0 Å². The fourth-order valence-corrected chi connectivity index (χ4v) is 1.33. The molecule has 2 nitrogen and oxygen atoms in total. The molecule has 14 heavy (non-hydrogen) atoms. The van der Waals surface area contributed by atoms with Crippen LogP contribution in [0.5, 0.6) is 5.75 Å². The third-order valence-electron chi connectivity index (χ3n) is 2.32. The minimum absolute atomic E-state index is 0.778. The van der Waals surface area contributed by atoms with Crippen LogP contribution in [0.2, 0.25) is 0 Å². The Kier molecular flexibility index (Phi) is 3.81. The monoisotopic (exact) mass is 193 g/mol. The van der Waals surface area contributed by atoms with Crippen molar-refractivity contribution < 1.29 is 4.74 Å². The highest BCUT2D eigenvalue weighted by atomic mass is 16.5. The molecule has 0 spiro atoms. The first-order valence-corrected chi connectivity index (χ1v) is 5.14. The number of hydrogen-bond donors (Lipinski definition) is 1. The van der Waals surface area contributed by atoms with E-state index in [9.17, 15) is 0 Å². The molecule has 0 saturated heterocycles. The number of nitrogen functional groups attached to an aromatic ring is 1. The highest BCUT2D eigenvalue weighted by Crippen LogP contribution is 2.24. The maximum absolute atomic E-state index is 5.81. The fourth-order valence-electron chi connectivity index (χ4n) is 1.33. The van der Waals surface area contributed by atoms with Crippen molar-refractivity contribution in [1.29, 1.82) is 0 Å². The number of nitrogens with two attached hydrogens (primary N) is 1. The van der Waals surface area contributed by atoms with E-state index in [0.29, 0.717) is 0 Å². The van der Waals surface area contributed by atoms with E-state index in [4.69, 9.17) is 10.5 Å². The fraction of sp³-hybridized carbons (Fsp3) is 0.500. The molecule has 0 unspecified atom stereocenters. The maximum Gasteiger partial charge on any atom is 0.124 e. The predicted molar refractivity (Wildman–Crippen MR) is 60.7 cm³/mol. The smallest absolute Gasteiger partial charge is 0.124 e. The molecule has 0 aliphatic heterocycles. The Labute approximate surface area is 86.1 Å². The van der Waals surface area contributed by atoms with Crippen molar-refractivity contribution in [3.63, 3.8) is 0 Å². The Morgan fingerprint density at radius 1 is 1.21 bits per heavy atom. The number of rotatable bonds is 4. The number of hydrogen-bond acceptors (Lipinski definition) is 2. The molecule has 1 aromatic rings. The minimum Gasteiger partial charge on any atom is -0.493 e. The molecule has 0 radical (unpaired) electrons. The van der Waals surface area contributed by atoms with E-state index in [2.05, 4.69) is 13.0 Å². The summed E-state index contributed by atoms with van der Waals surface area (Å²) in [6.45, 7) is 6.99. The Morgan fingerprint density at radius 2 is 1.93 bits per heavy atom. The zero-order valence-electron chi connectivity index (χ0n) is 9.26. The summed E-state index contributed by atoms with van der Waals surface area (Å²) >= 11 is 0. The molecular weight excluding hydrogens is 174 g/mol. The van der Waals surface area contributed by atoms with Crippen LogP contribution < -0.4 is 10.5 Å². The molecule has 0 aliphatic rings. The summed E-state index contributed by atoms with van der Waals surface area (Å²) in [5, 5.41) is 0. The second-order valence-corrected chi connectivity index (χ2v) is 3.68. The quantitative estimate of drug-likeness (QED) is 0.589. The van der Waals surface area contributed by atoms with Gasteiger partial charge in [0.25, 0.3) is 0 Å². The van der Waals surface area contributed by atoms with Crippen molar-refractivity contribution in [3.05, 3.63) is 23.3 Å². The number of anilines is 1. The van der Waals surface area contributed by atoms with Crippen molar-refractivity contribution in [3.8, 4) is 5.75 Å². The molecule has 0 fully saturated rings. The lowest BCUT2D eigenvalue weighted by Crippen LogP contribution is -2.00. The third kappa shape index (κ3) is 2.66. The van der Waals surface area contributed by atoms with E-state index in [1.165, 1.54) is 0 Å². The summed E-state index contributed by atoms with van der Waals surface area (Å²) in [6, 6.07) is 3.98. The van der Waals surface area contributed by atoms with Gasteiger partial charge in [-0.1, -0.05) is 19.4 Å². The molecule has 0 saturated carbocycles. The second kappa shape index (κ2) is 4.89. The van der Waals surface area contributed by atoms with Gasteiger partial charge in [0, 0.05) is 11.8 Å². The van der Waals surface area contributed by atoms with Gasteiger partial charge in [-0.25, -0.2) is 0 Å². The van der Waals surface area contributed by atoms with E-state index in [-0.39, 0.29) is 0 Å². The lowest BCUT2D eigenvalue weighted by Gasteiger charge is -2.10. The van der Waals surface area contributed by atoms with E-state index in [1.807, 2.05) is 19.9 Å². The highest BCUT2D eigenvalue weighted by molar-refractivity contribution is 5.54. The van der Waals surface area contributed by atoms with Crippen LogP contribution in [0.1, 0.15) is 30.9 Å². The lowest BCUT2D eigenvalue weighted by atomic mass is 10.1. The molecule has 0 heterocycles. The van der Waals surface area contributed by atoms with E-state index in [1.54, 1.807) is 0 Å². The summed E-state index contributed by atoms with van der Waals surface area (Å²) in [5.74, 6) is 0.918. The van der Waals surface area contributed by atoms with Gasteiger partial charge in [0.05, 0.1) is 6.61 Å². The molecule has 0 aromatic heterocycles. The summed E-state index contributed by atoms with van der Waals surface area (Å²) in [4.78, 5) is 0. The maximum atomic E-state index is 5.81. The van der Waals surface area contributed by atoms with Crippen LogP contribution >= 0.6 is 0 Å². The molecule has 0 aliphatic carbocycles. The van der Waals surface area contributed by atoms with Crippen molar-refractivity contribution in [2.24, 2.45) is 0 Å². The summed E-state index contributed by atoms with van der Waals surface area (Å²) in [6.07, 6.45) is 2.24. The Balaban J connectivity index is 2.72. The third-order valence-corrected chi connectivity index (χ3v) is 2.32. The van der Waals surface area contributed by atoms with Crippen LogP contribution in [0.25, 0.3) is 0 Å². The Morgan fingerprint density at radius 3 is 2.57 bits per heavy atom. The van der Waals surface area contributed by atoms with Crippen LogP contribution in [-0.4, -0.2) is 6.61 Å². The van der Waals surface area contributed by atoms with Gasteiger partial charge in [-0.15, -0.1) is 0 Å².